The van der Waals surface area contributed by atoms with E-state index >= 15 is 0 Å². The van der Waals surface area contributed by atoms with Crippen molar-refractivity contribution in [3.63, 3.8) is 0 Å². The van der Waals surface area contributed by atoms with E-state index in [-0.39, 0.29) is 11.3 Å². The molecule has 1 aromatic rings. The SMILES string of the molecule is COC1(C)CCCN(c2ccc(N)c(C#N)n2)C1. The highest BCUT2D eigenvalue weighted by Crippen LogP contribution is 2.27. The molecule has 0 bridgehead atoms. The van der Waals surface area contributed by atoms with Crippen molar-refractivity contribution in [2.45, 2.75) is 25.4 Å². The van der Waals surface area contributed by atoms with Gasteiger partial charge in [0.2, 0.25) is 0 Å². The van der Waals surface area contributed by atoms with Crippen molar-refractivity contribution in [1.82, 2.24) is 4.98 Å². The van der Waals surface area contributed by atoms with Crippen molar-refractivity contribution in [3.05, 3.63) is 17.8 Å². The van der Waals surface area contributed by atoms with Crippen molar-refractivity contribution in [2.75, 3.05) is 30.8 Å². The Bertz CT molecular complexity index is 482. The first-order chi connectivity index (χ1) is 8.58. The van der Waals surface area contributed by atoms with Gasteiger partial charge in [0.1, 0.15) is 11.9 Å². The first-order valence-electron chi connectivity index (χ1n) is 6.05. The van der Waals surface area contributed by atoms with E-state index in [1.54, 1.807) is 13.2 Å². The van der Waals surface area contributed by atoms with Crippen LogP contribution in [0, 0.1) is 11.3 Å². The van der Waals surface area contributed by atoms with Gasteiger partial charge in [-0.1, -0.05) is 0 Å². The number of rotatable bonds is 2. The van der Waals surface area contributed by atoms with Gasteiger partial charge in [0.05, 0.1) is 11.3 Å². The van der Waals surface area contributed by atoms with Gasteiger partial charge >= 0.3 is 0 Å². The fraction of sp³-hybridized carbons (Fsp3) is 0.538. The number of nitrogens with two attached hydrogens (primary N) is 1. The highest BCUT2D eigenvalue weighted by atomic mass is 16.5. The van der Waals surface area contributed by atoms with Crippen molar-refractivity contribution >= 4 is 11.5 Å². The van der Waals surface area contributed by atoms with E-state index in [4.69, 9.17) is 15.7 Å². The first kappa shape index (κ1) is 12.7. The minimum absolute atomic E-state index is 0.145. The summed E-state index contributed by atoms with van der Waals surface area (Å²) in [5, 5.41) is 8.95. The maximum atomic E-state index is 8.95. The molecule has 0 aromatic carbocycles. The van der Waals surface area contributed by atoms with Gasteiger partial charge in [0.15, 0.2) is 5.69 Å². The van der Waals surface area contributed by atoms with Crippen LogP contribution >= 0.6 is 0 Å². The van der Waals surface area contributed by atoms with Crippen LogP contribution in [0.15, 0.2) is 12.1 Å². The third-order valence-electron chi connectivity index (χ3n) is 3.49. The van der Waals surface area contributed by atoms with Gasteiger partial charge in [-0.3, -0.25) is 0 Å². The Labute approximate surface area is 107 Å². The Morgan fingerprint density at radius 1 is 1.56 bits per heavy atom. The molecule has 0 aliphatic carbocycles. The zero-order valence-corrected chi connectivity index (χ0v) is 10.8. The van der Waals surface area contributed by atoms with Gasteiger partial charge in [-0.05, 0) is 31.9 Å². The van der Waals surface area contributed by atoms with E-state index in [1.807, 2.05) is 12.1 Å². The number of methoxy groups -OCH3 is 1. The van der Waals surface area contributed by atoms with Crippen molar-refractivity contribution in [1.29, 1.82) is 5.26 Å². The molecule has 2 rings (SSSR count). The van der Waals surface area contributed by atoms with Crippen LogP contribution in [0.4, 0.5) is 11.5 Å². The molecule has 0 saturated carbocycles. The lowest BCUT2D eigenvalue weighted by molar-refractivity contribution is -0.00481. The molecule has 1 aliphatic heterocycles. The summed E-state index contributed by atoms with van der Waals surface area (Å²) in [6.07, 6.45) is 2.10. The van der Waals surface area contributed by atoms with Crippen LogP contribution in [-0.4, -0.2) is 30.8 Å². The summed E-state index contributed by atoms with van der Waals surface area (Å²) in [7, 11) is 1.74. The number of hydrogen-bond donors (Lipinski definition) is 1. The number of pyridine rings is 1. The van der Waals surface area contributed by atoms with E-state index in [0.29, 0.717) is 5.69 Å². The van der Waals surface area contributed by atoms with Crippen LogP contribution in [0.25, 0.3) is 0 Å². The second-order valence-corrected chi connectivity index (χ2v) is 4.90. The molecule has 18 heavy (non-hydrogen) atoms. The third kappa shape index (κ3) is 2.39. The molecule has 0 amide bonds. The zero-order valence-electron chi connectivity index (χ0n) is 10.8. The lowest BCUT2D eigenvalue weighted by Crippen LogP contribution is -2.47. The summed E-state index contributed by atoms with van der Waals surface area (Å²) in [4.78, 5) is 6.44. The van der Waals surface area contributed by atoms with Crippen LogP contribution in [0.1, 0.15) is 25.5 Å². The van der Waals surface area contributed by atoms with E-state index in [9.17, 15) is 0 Å². The molecule has 1 aliphatic rings. The lowest BCUT2D eigenvalue weighted by Gasteiger charge is -2.40. The summed E-state index contributed by atoms with van der Waals surface area (Å²) in [6.45, 7) is 3.81. The molecular weight excluding hydrogens is 228 g/mol. The second-order valence-electron chi connectivity index (χ2n) is 4.90. The van der Waals surface area contributed by atoms with Crippen LogP contribution in [-0.2, 0) is 4.74 Å². The second kappa shape index (κ2) is 4.83. The highest BCUT2D eigenvalue weighted by Gasteiger charge is 2.31. The molecule has 1 atom stereocenters. The van der Waals surface area contributed by atoms with E-state index in [1.165, 1.54) is 0 Å². The van der Waals surface area contributed by atoms with Crippen LogP contribution < -0.4 is 10.6 Å². The first-order valence-corrected chi connectivity index (χ1v) is 6.05. The fourth-order valence-electron chi connectivity index (χ4n) is 2.29. The predicted octanol–water partition coefficient (Wildman–Crippen LogP) is 1.54. The molecular formula is C13H18N4O. The maximum Gasteiger partial charge on any atom is 0.165 e. The topological polar surface area (TPSA) is 75.2 Å². The van der Waals surface area contributed by atoms with Gasteiger partial charge in [-0.25, -0.2) is 4.98 Å². The normalized spacial score (nSPS) is 23.7. The Kier molecular flexibility index (Phi) is 3.39. The molecule has 1 aromatic heterocycles. The minimum atomic E-state index is -0.145. The molecule has 0 spiro atoms. The van der Waals surface area contributed by atoms with Crippen molar-refractivity contribution in [3.8, 4) is 6.07 Å². The van der Waals surface area contributed by atoms with Gasteiger partial charge < -0.3 is 15.4 Å². The third-order valence-corrected chi connectivity index (χ3v) is 3.49. The number of ether oxygens (including phenoxy) is 1. The summed E-state index contributed by atoms with van der Waals surface area (Å²) in [5.41, 5.74) is 6.25. The molecule has 1 saturated heterocycles. The Hall–Kier alpha value is -1.80. The van der Waals surface area contributed by atoms with E-state index in [2.05, 4.69) is 16.8 Å². The molecule has 1 unspecified atom stereocenters. The Balaban J connectivity index is 2.24. The van der Waals surface area contributed by atoms with Gasteiger partial charge in [0.25, 0.3) is 0 Å². The highest BCUT2D eigenvalue weighted by molar-refractivity contribution is 5.55. The summed E-state index contributed by atoms with van der Waals surface area (Å²) in [5.74, 6) is 0.795. The Morgan fingerprint density at radius 2 is 2.33 bits per heavy atom. The van der Waals surface area contributed by atoms with Crippen molar-refractivity contribution < 1.29 is 4.74 Å². The Morgan fingerprint density at radius 3 is 3.00 bits per heavy atom. The van der Waals surface area contributed by atoms with Crippen LogP contribution in [0.5, 0.6) is 0 Å². The summed E-state index contributed by atoms with van der Waals surface area (Å²) in [6, 6.07) is 5.61. The molecule has 2 heterocycles. The summed E-state index contributed by atoms with van der Waals surface area (Å²) >= 11 is 0. The number of nitrogens with zero attached hydrogens (tertiary/aromatic N) is 3. The number of hydrogen-bond acceptors (Lipinski definition) is 5. The molecule has 5 heteroatoms. The monoisotopic (exact) mass is 246 g/mol. The fourth-order valence-corrected chi connectivity index (χ4v) is 2.29. The predicted molar refractivity (Wildman–Crippen MR) is 70.2 cm³/mol. The molecule has 0 radical (unpaired) electrons. The minimum Gasteiger partial charge on any atom is -0.396 e. The maximum absolute atomic E-state index is 8.95. The number of aromatic nitrogens is 1. The van der Waals surface area contributed by atoms with Gasteiger partial charge in [0, 0.05) is 20.2 Å². The number of nitriles is 1. The summed E-state index contributed by atoms with van der Waals surface area (Å²) < 4.78 is 5.55. The largest absolute Gasteiger partial charge is 0.396 e. The number of nitrogen functional groups attached to an aromatic ring is 1. The van der Waals surface area contributed by atoms with Crippen LogP contribution in [0.2, 0.25) is 0 Å². The van der Waals surface area contributed by atoms with Gasteiger partial charge in [-0.15, -0.1) is 0 Å². The molecule has 5 nitrogen and oxygen atoms in total. The van der Waals surface area contributed by atoms with Crippen LogP contribution in [0.3, 0.4) is 0 Å². The number of anilines is 2. The average Bonchev–Trinajstić information content (AvgIpc) is 2.39. The molecule has 2 N–H and O–H groups in total. The van der Waals surface area contributed by atoms with E-state index < -0.39 is 0 Å². The lowest BCUT2D eigenvalue weighted by atomic mass is 9.95. The van der Waals surface area contributed by atoms with E-state index in [0.717, 1.165) is 31.7 Å². The standard InChI is InChI=1S/C13H18N4O/c1-13(18-2)6-3-7-17(9-13)12-5-4-10(15)11(8-14)16-12/h4-5H,3,6-7,9,15H2,1-2H3. The average molecular weight is 246 g/mol. The number of piperidine rings is 1. The quantitative estimate of drug-likeness (QED) is 0.856. The zero-order chi connectivity index (χ0) is 13.2. The van der Waals surface area contributed by atoms with Gasteiger partial charge in [-0.2, -0.15) is 5.26 Å². The smallest absolute Gasteiger partial charge is 0.165 e. The molecule has 96 valence electrons. The van der Waals surface area contributed by atoms with Crippen molar-refractivity contribution in [2.24, 2.45) is 0 Å². The molecule has 1 fully saturated rings.